The fourth-order valence-electron chi connectivity index (χ4n) is 1.54. The van der Waals surface area contributed by atoms with Crippen LogP contribution in [0.15, 0.2) is 18.2 Å². The Balaban J connectivity index is 2.36. The standard InChI is InChI=1S/C11H14N2O3/c1-7-12-9-3-2-4-10(11(9)13-7)16-8(5-14)6-15/h2-4,8,14-15H,5-6H2,1H3,(H,12,13). The Morgan fingerprint density at radius 3 is 2.81 bits per heavy atom. The molecule has 5 nitrogen and oxygen atoms in total. The Morgan fingerprint density at radius 2 is 2.12 bits per heavy atom. The number of nitrogens with zero attached hydrogens (tertiary/aromatic N) is 1. The van der Waals surface area contributed by atoms with Crippen LogP contribution in [0.25, 0.3) is 11.0 Å². The van der Waals surface area contributed by atoms with Crippen molar-refractivity contribution in [1.29, 1.82) is 0 Å². The van der Waals surface area contributed by atoms with Crippen molar-refractivity contribution in [1.82, 2.24) is 9.97 Å². The zero-order valence-corrected chi connectivity index (χ0v) is 8.97. The number of rotatable bonds is 4. The van der Waals surface area contributed by atoms with Crippen molar-refractivity contribution in [3.05, 3.63) is 24.0 Å². The Hall–Kier alpha value is -1.59. The maximum atomic E-state index is 8.95. The lowest BCUT2D eigenvalue weighted by atomic mass is 10.3. The third-order valence-corrected chi connectivity index (χ3v) is 2.29. The lowest BCUT2D eigenvalue weighted by Gasteiger charge is -2.14. The van der Waals surface area contributed by atoms with Crippen LogP contribution in [0.3, 0.4) is 0 Å². The number of hydrogen-bond donors (Lipinski definition) is 3. The molecule has 1 aromatic carbocycles. The molecule has 0 radical (unpaired) electrons. The minimum Gasteiger partial charge on any atom is -0.483 e. The zero-order valence-electron chi connectivity index (χ0n) is 8.97. The fraction of sp³-hybridized carbons (Fsp3) is 0.364. The van der Waals surface area contributed by atoms with Crippen LogP contribution in [0.1, 0.15) is 5.82 Å². The summed E-state index contributed by atoms with van der Waals surface area (Å²) in [7, 11) is 0. The van der Waals surface area contributed by atoms with Gasteiger partial charge in [-0.15, -0.1) is 0 Å². The maximum Gasteiger partial charge on any atom is 0.147 e. The van der Waals surface area contributed by atoms with Crippen LogP contribution in [0, 0.1) is 6.92 Å². The van der Waals surface area contributed by atoms with E-state index in [4.69, 9.17) is 14.9 Å². The molecule has 1 heterocycles. The van der Waals surface area contributed by atoms with Crippen LogP contribution in [0.2, 0.25) is 0 Å². The number of H-pyrrole nitrogens is 1. The summed E-state index contributed by atoms with van der Waals surface area (Å²) in [4.78, 5) is 7.38. The number of benzene rings is 1. The minimum absolute atomic E-state index is 0.226. The largest absolute Gasteiger partial charge is 0.483 e. The highest BCUT2D eigenvalue weighted by molar-refractivity contribution is 5.81. The number of aryl methyl sites for hydroxylation is 1. The van der Waals surface area contributed by atoms with Crippen LogP contribution in [-0.4, -0.2) is 39.5 Å². The highest BCUT2D eigenvalue weighted by Crippen LogP contribution is 2.24. The zero-order chi connectivity index (χ0) is 11.5. The molecular weight excluding hydrogens is 208 g/mol. The Kier molecular flexibility index (Phi) is 3.07. The average Bonchev–Trinajstić information content (AvgIpc) is 2.67. The lowest BCUT2D eigenvalue weighted by Crippen LogP contribution is -2.25. The molecule has 0 spiro atoms. The molecule has 1 aromatic heterocycles. The molecule has 5 heteroatoms. The summed E-state index contributed by atoms with van der Waals surface area (Å²) in [6.07, 6.45) is -0.609. The Bertz CT molecular complexity index is 477. The van der Waals surface area contributed by atoms with Crippen molar-refractivity contribution in [3.8, 4) is 5.75 Å². The first kappa shape index (κ1) is 10.9. The summed E-state index contributed by atoms with van der Waals surface area (Å²) in [6.45, 7) is 1.41. The van der Waals surface area contributed by atoms with Crippen molar-refractivity contribution in [2.24, 2.45) is 0 Å². The second-order valence-electron chi connectivity index (χ2n) is 3.58. The molecule has 0 aliphatic heterocycles. The molecule has 0 unspecified atom stereocenters. The molecule has 0 fully saturated rings. The third kappa shape index (κ3) is 2.00. The van der Waals surface area contributed by atoms with Crippen molar-refractivity contribution in [3.63, 3.8) is 0 Å². The van der Waals surface area contributed by atoms with Crippen LogP contribution in [-0.2, 0) is 0 Å². The Morgan fingerprint density at radius 1 is 1.38 bits per heavy atom. The number of imidazole rings is 1. The highest BCUT2D eigenvalue weighted by Gasteiger charge is 2.11. The topological polar surface area (TPSA) is 78.4 Å². The normalized spacial score (nSPS) is 11.2. The number of ether oxygens (including phenoxy) is 1. The molecule has 0 amide bonds. The summed E-state index contributed by atoms with van der Waals surface area (Å²) >= 11 is 0. The summed E-state index contributed by atoms with van der Waals surface area (Å²) < 4.78 is 5.46. The molecule has 2 aromatic rings. The fourth-order valence-corrected chi connectivity index (χ4v) is 1.54. The molecule has 0 saturated carbocycles. The van der Waals surface area contributed by atoms with Gasteiger partial charge in [-0.25, -0.2) is 4.98 Å². The van der Waals surface area contributed by atoms with E-state index in [-0.39, 0.29) is 13.2 Å². The lowest BCUT2D eigenvalue weighted by molar-refractivity contribution is 0.0639. The van der Waals surface area contributed by atoms with Gasteiger partial charge in [-0.3, -0.25) is 0 Å². The number of para-hydroxylation sites is 1. The molecule has 0 bridgehead atoms. The number of hydrogen-bond acceptors (Lipinski definition) is 4. The highest BCUT2D eigenvalue weighted by atomic mass is 16.5. The number of nitrogens with one attached hydrogen (secondary N) is 1. The summed E-state index contributed by atoms with van der Waals surface area (Å²) in [5.74, 6) is 1.37. The second-order valence-corrected chi connectivity index (χ2v) is 3.58. The van der Waals surface area contributed by atoms with E-state index < -0.39 is 6.10 Å². The third-order valence-electron chi connectivity index (χ3n) is 2.29. The van der Waals surface area contributed by atoms with Gasteiger partial charge < -0.3 is 19.9 Å². The molecule has 0 atom stereocenters. The van der Waals surface area contributed by atoms with Gasteiger partial charge in [0, 0.05) is 0 Å². The second kappa shape index (κ2) is 4.51. The molecule has 0 saturated heterocycles. The van der Waals surface area contributed by atoms with Gasteiger partial charge in [0.25, 0.3) is 0 Å². The SMILES string of the molecule is Cc1nc2c(OC(CO)CO)cccc2[nH]1. The first-order chi connectivity index (χ1) is 7.74. The van der Waals surface area contributed by atoms with Crippen molar-refractivity contribution in [2.45, 2.75) is 13.0 Å². The van der Waals surface area contributed by atoms with E-state index in [1.807, 2.05) is 19.1 Å². The average molecular weight is 222 g/mol. The predicted octanol–water partition coefficient (Wildman–Crippen LogP) is 0.603. The van der Waals surface area contributed by atoms with E-state index in [1.54, 1.807) is 6.07 Å². The van der Waals surface area contributed by atoms with Crippen molar-refractivity contribution in [2.75, 3.05) is 13.2 Å². The van der Waals surface area contributed by atoms with Crippen LogP contribution >= 0.6 is 0 Å². The molecule has 0 aliphatic carbocycles. The van der Waals surface area contributed by atoms with Gasteiger partial charge in [-0.1, -0.05) is 6.07 Å². The number of aliphatic hydroxyl groups is 2. The summed E-state index contributed by atoms with van der Waals surface area (Å²) in [5.41, 5.74) is 1.59. The number of aromatic amines is 1. The number of aromatic nitrogens is 2. The summed E-state index contributed by atoms with van der Waals surface area (Å²) in [5, 5.41) is 17.9. The van der Waals surface area contributed by atoms with Gasteiger partial charge in [-0.05, 0) is 19.1 Å². The van der Waals surface area contributed by atoms with Gasteiger partial charge in [0.1, 0.15) is 23.2 Å². The van der Waals surface area contributed by atoms with E-state index in [0.717, 1.165) is 11.3 Å². The predicted molar refractivity (Wildman–Crippen MR) is 59.4 cm³/mol. The van der Waals surface area contributed by atoms with E-state index in [9.17, 15) is 0 Å². The quantitative estimate of drug-likeness (QED) is 0.708. The molecular formula is C11H14N2O3. The van der Waals surface area contributed by atoms with E-state index in [0.29, 0.717) is 11.3 Å². The molecule has 3 N–H and O–H groups in total. The molecule has 2 rings (SSSR count). The molecule has 86 valence electrons. The van der Waals surface area contributed by atoms with E-state index >= 15 is 0 Å². The van der Waals surface area contributed by atoms with Crippen LogP contribution in [0.5, 0.6) is 5.75 Å². The van der Waals surface area contributed by atoms with Gasteiger partial charge in [0.15, 0.2) is 0 Å². The van der Waals surface area contributed by atoms with E-state index in [1.165, 1.54) is 0 Å². The van der Waals surface area contributed by atoms with Gasteiger partial charge in [0.2, 0.25) is 0 Å². The number of aliphatic hydroxyl groups excluding tert-OH is 2. The van der Waals surface area contributed by atoms with Gasteiger partial charge >= 0.3 is 0 Å². The first-order valence-electron chi connectivity index (χ1n) is 5.08. The van der Waals surface area contributed by atoms with Gasteiger partial charge in [0.05, 0.1) is 18.7 Å². The van der Waals surface area contributed by atoms with E-state index in [2.05, 4.69) is 9.97 Å². The smallest absolute Gasteiger partial charge is 0.147 e. The summed E-state index contributed by atoms with van der Waals surface area (Å²) in [6, 6.07) is 5.50. The molecule has 0 aliphatic rings. The Labute approximate surface area is 92.7 Å². The molecule has 16 heavy (non-hydrogen) atoms. The number of fused-ring (bicyclic) bond motifs is 1. The van der Waals surface area contributed by atoms with Crippen LogP contribution < -0.4 is 4.74 Å². The van der Waals surface area contributed by atoms with Gasteiger partial charge in [-0.2, -0.15) is 0 Å². The maximum absolute atomic E-state index is 8.95. The minimum atomic E-state index is -0.609. The monoisotopic (exact) mass is 222 g/mol. The van der Waals surface area contributed by atoms with Crippen molar-refractivity contribution >= 4 is 11.0 Å². The van der Waals surface area contributed by atoms with Crippen molar-refractivity contribution < 1.29 is 14.9 Å². The van der Waals surface area contributed by atoms with Crippen LogP contribution in [0.4, 0.5) is 0 Å². The first-order valence-corrected chi connectivity index (χ1v) is 5.08.